The third-order valence-corrected chi connectivity index (χ3v) is 20.5. The Labute approximate surface area is 595 Å². The van der Waals surface area contributed by atoms with Crippen LogP contribution in [0.25, 0.3) is 133 Å². The first-order valence-electron chi connectivity index (χ1n) is 35.1. The third kappa shape index (κ3) is 11.2. The molecule has 482 valence electrons. The second-order valence-electron chi connectivity index (χ2n) is 26.5. The molecule has 0 fully saturated rings. The molecule has 4 heteroatoms. The average Bonchev–Trinajstić information content (AvgIpc) is 1.55. The lowest BCUT2D eigenvalue weighted by molar-refractivity contribution is 1.05. The van der Waals surface area contributed by atoms with Gasteiger partial charge < -0.3 is 18.9 Å². The molecule has 0 amide bonds. The summed E-state index contributed by atoms with van der Waals surface area (Å²) in [5.41, 5.74) is 30.1. The highest BCUT2D eigenvalue weighted by Gasteiger charge is 2.24. The summed E-state index contributed by atoms with van der Waals surface area (Å²) in [6, 6.07) is 142. The second kappa shape index (κ2) is 26.2. The number of aromatic nitrogens is 2. The van der Waals surface area contributed by atoms with Crippen molar-refractivity contribution in [2.45, 2.75) is 13.8 Å². The number of benzene rings is 16. The first-order valence-corrected chi connectivity index (χ1v) is 35.1. The number of fused-ring (bicyclic) bond motifs is 4. The van der Waals surface area contributed by atoms with Crippen LogP contribution in [0.15, 0.2) is 388 Å². The molecule has 18 rings (SSSR count). The van der Waals surface area contributed by atoms with E-state index in [-0.39, 0.29) is 0 Å². The van der Waals surface area contributed by atoms with Gasteiger partial charge in [0.15, 0.2) is 0 Å². The minimum Gasteiger partial charge on any atom is -0.313 e. The van der Waals surface area contributed by atoms with Gasteiger partial charge in [-0.3, -0.25) is 0 Å². The minimum absolute atomic E-state index is 1.07. The summed E-state index contributed by atoms with van der Waals surface area (Å²) < 4.78 is 4.89. The molecule has 0 atom stereocenters. The topological polar surface area (TPSA) is 16.3 Å². The van der Waals surface area contributed by atoms with Crippen LogP contribution in [0.2, 0.25) is 0 Å². The van der Waals surface area contributed by atoms with E-state index >= 15 is 0 Å². The maximum atomic E-state index is 2.45. The molecule has 2 aromatic heterocycles. The van der Waals surface area contributed by atoms with Crippen LogP contribution in [0, 0.1) is 13.8 Å². The van der Waals surface area contributed by atoms with E-state index in [1.165, 1.54) is 110 Å². The van der Waals surface area contributed by atoms with Crippen LogP contribution in [0.3, 0.4) is 0 Å². The van der Waals surface area contributed by atoms with Crippen molar-refractivity contribution in [3.05, 3.63) is 400 Å². The number of hydrogen-bond acceptors (Lipinski definition) is 2. The molecule has 0 unspecified atom stereocenters. The van der Waals surface area contributed by atoms with E-state index < -0.39 is 0 Å². The maximum Gasteiger partial charge on any atom is 0.0540 e. The van der Waals surface area contributed by atoms with Gasteiger partial charge in [0, 0.05) is 78.2 Å². The highest BCUT2D eigenvalue weighted by molar-refractivity contribution is 6.06. The largest absolute Gasteiger partial charge is 0.313 e. The molecule has 0 aliphatic rings. The monoisotopic (exact) mass is 1300 g/mol. The summed E-state index contributed by atoms with van der Waals surface area (Å²) >= 11 is 0. The molecule has 0 N–H and O–H groups in total. The van der Waals surface area contributed by atoms with Gasteiger partial charge in [0.25, 0.3) is 0 Å². The summed E-state index contributed by atoms with van der Waals surface area (Å²) in [4.78, 5) is 4.80. The van der Waals surface area contributed by atoms with Crippen molar-refractivity contribution in [1.29, 1.82) is 0 Å². The number of hydrogen-bond donors (Lipinski definition) is 0. The molecule has 16 aromatic carbocycles. The molecule has 0 radical (unpaired) electrons. The van der Waals surface area contributed by atoms with E-state index in [0.717, 1.165) is 67.7 Å². The quantitative estimate of drug-likeness (QED) is 0.102. The molecule has 0 saturated heterocycles. The normalized spacial score (nSPS) is 11.4. The second-order valence-corrected chi connectivity index (χ2v) is 26.5. The van der Waals surface area contributed by atoms with Gasteiger partial charge in [0.1, 0.15) is 0 Å². The van der Waals surface area contributed by atoms with Crippen LogP contribution in [0.4, 0.5) is 34.1 Å². The number of anilines is 6. The van der Waals surface area contributed by atoms with Gasteiger partial charge in [-0.05, 0) is 201 Å². The Hall–Kier alpha value is -13.3. The zero-order valence-electron chi connectivity index (χ0n) is 56.7. The van der Waals surface area contributed by atoms with E-state index in [9.17, 15) is 0 Å². The average molecular weight is 1300 g/mol. The van der Waals surface area contributed by atoms with Gasteiger partial charge in [-0.1, -0.05) is 279 Å². The molecule has 4 nitrogen and oxygen atoms in total. The van der Waals surface area contributed by atoms with Gasteiger partial charge in [-0.15, -0.1) is 0 Å². The Bertz CT molecular complexity index is 5670. The van der Waals surface area contributed by atoms with E-state index in [2.05, 4.69) is 421 Å². The fraction of sp³-hybridized carbons (Fsp3) is 0.0204. The maximum absolute atomic E-state index is 2.45. The van der Waals surface area contributed by atoms with Crippen molar-refractivity contribution < 1.29 is 0 Å². The van der Waals surface area contributed by atoms with E-state index in [1.807, 2.05) is 0 Å². The molecule has 0 spiro atoms. The van der Waals surface area contributed by atoms with Crippen LogP contribution in [0.5, 0.6) is 0 Å². The molecule has 18 aromatic rings. The summed E-state index contributed by atoms with van der Waals surface area (Å²) in [5.74, 6) is 0. The molecule has 0 saturated carbocycles. The van der Waals surface area contributed by atoms with Crippen LogP contribution in [-0.4, -0.2) is 9.13 Å². The zero-order chi connectivity index (χ0) is 68.0. The van der Waals surface area contributed by atoms with Crippen molar-refractivity contribution in [2.75, 3.05) is 9.80 Å². The van der Waals surface area contributed by atoms with E-state index in [0.29, 0.717) is 0 Å². The lowest BCUT2D eigenvalue weighted by Gasteiger charge is -2.27. The first-order chi connectivity index (χ1) is 50.4. The van der Waals surface area contributed by atoms with Crippen molar-refractivity contribution >= 4 is 77.5 Å². The summed E-state index contributed by atoms with van der Waals surface area (Å²) in [7, 11) is 0. The van der Waals surface area contributed by atoms with Crippen LogP contribution >= 0.6 is 0 Å². The molecule has 2 heterocycles. The standard InChI is InChI=1S/C98H70N4/c1-67-97(79-27-11-5-12-28-79)91-65-81(49-63-95(91)99(67)83-55-59-87(60-56-83)101(93-35-19-31-77-25-15-17-33-89(77)93)85-51-45-75(46-52-85)73-41-37-71(38-42-73)69-21-7-3-8-22-69)82-50-64-96-92(66-82)98(80-29-13-6-14-30-80)68(2)100(96)84-57-61-88(62-58-84)102(94-36-20-32-78-26-16-18-34-90(78)94)86-53-47-76(48-54-86)74-43-39-72(40-44-74)70-23-9-4-10-24-70/h3-66H,1-2H3. The van der Waals surface area contributed by atoms with E-state index in [1.54, 1.807) is 0 Å². The number of rotatable bonds is 15. The highest BCUT2D eigenvalue weighted by atomic mass is 15.2. The summed E-state index contributed by atoms with van der Waals surface area (Å²) in [6.07, 6.45) is 0. The summed E-state index contributed by atoms with van der Waals surface area (Å²) in [6.45, 7) is 4.55. The van der Waals surface area contributed by atoms with Gasteiger partial charge in [-0.2, -0.15) is 0 Å². The fourth-order valence-electron chi connectivity index (χ4n) is 15.5. The molecule has 0 aliphatic heterocycles. The van der Waals surface area contributed by atoms with Crippen LogP contribution in [-0.2, 0) is 0 Å². The predicted molar refractivity (Wildman–Crippen MR) is 432 cm³/mol. The Kier molecular flexibility index (Phi) is 15.7. The van der Waals surface area contributed by atoms with Crippen LogP contribution < -0.4 is 9.80 Å². The van der Waals surface area contributed by atoms with E-state index in [4.69, 9.17) is 0 Å². The number of nitrogens with zero attached hydrogens (tertiary/aromatic N) is 4. The highest BCUT2D eigenvalue weighted by Crippen LogP contribution is 2.46. The molecular formula is C98H70N4. The van der Waals surface area contributed by atoms with Crippen molar-refractivity contribution in [1.82, 2.24) is 9.13 Å². The minimum atomic E-state index is 1.07. The Balaban J connectivity index is 0.697. The van der Waals surface area contributed by atoms with Gasteiger partial charge in [0.05, 0.1) is 22.4 Å². The lowest BCUT2D eigenvalue weighted by Crippen LogP contribution is -2.10. The van der Waals surface area contributed by atoms with Crippen LogP contribution in [0.1, 0.15) is 11.4 Å². The van der Waals surface area contributed by atoms with Gasteiger partial charge in [0.2, 0.25) is 0 Å². The third-order valence-electron chi connectivity index (χ3n) is 20.5. The Morgan fingerprint density at radius 1 is 0.196 bits per heavy atom. The molecule has 0 aliphatic carbocycles. The SMILES string of the molecule is Cc1c(-c2ccccc2)c2cc(-c3ccc4c(c3)c(-c3ccccc3)c(C)n4-c3ccc(N(c4ccc(-c5ccc(-c6ccccc6)cc5)cc4)c4cccc5ccccc45)cc3)ccc2n1-c1ccc(N(c2ccc(-c3ccc(-c4ccccc4)cc3)cc2)c2cccc3ccccc23)cc1. The fourth-order valence-corrected chi connectivity index (χ4v) is 15.5. The molecule has 0 bridgehead atoms. The first kappa shape index (κ1) is 61.1. The molecule has 102 heavy (non-hydrogen) atoms. The summed E-state index contributed by atoms with van der Waals surface area (Å²) in [5, 5.41) is 7.17. The lowest BCUT2D eigenvalue weighted by atomic mass is 9.96. The Morgan fingerprint density at radius 2 is 0.451 bits per heavy atom. The predicted octanol–water partition coefficient (Wildman–Crippen LogP) is 27.1. The zero-order valence-corrected chi connectivity index (χ0v) is 56.7. The Morgan fingerprint density at radius 3 is 0.784 bits per heavy atom. The molecular weight excluding hydrogens is 1230 g/mol. The smallest absolute Gasteiger partial charge is 0.0540 e. The van der Waals surface area contributed by atoms with Gasteiger partial charge in [-0.25, -0.2) is 0 Å². The van der Waals surface area contributed by atoms with Crippen molar-refractivity contribution in [3.8, 4) is 89.3 Å². The van der Waals surface area contributed by atoms with Gasteiger partial charge >= 0.3 is 0 Å². The van der Waals surface area contributed by atoms with Crippen molar-refractivity contribution in [2.24, 2.45) is 0 Å². The van der Waals surface area contributed by atoms with Crippen molar-refractivity contribution in [3.63, 3.8) is 0 Å².